The molecule has 1 heteroatoms. The summed E-state index contributed by atoms with van der Waals surface area (Å²) < 4.78 is 0. The summed E-state index contributed by atoms with van der Waals surface area (Å²) >= 11 is 0. The minimum Gasteiger partial charge on any atom is -0.378 e. The first-order valence-electron chi connectivity index (χ1n) is 5.89. The molecule has 1 N–H and O–H groups in total. The van der Waals surface area contributed by atoms with E-state index >= 15 is 0 Å². The van der Waals surface area contributed by atoms with Crippen LogP contribution in [-0.4, -0.2) is 6.04 Å². The molecule has 2 atom stereocenters. The third kappa shape index (κ3) is 1.90. The van der Waals surface area contributed by atoms with Crippen molar-refractivity contribution in [1.82, 2.24) is 5.32 Å². The molecule has 2 aliphatic rings. The van der Waals surface area contributed by atoms with Gasteiger partial charge >= 0.3 is 0 Å². The smallest absolute Gasteiger partial charge is 0.0551 e. The van der Waals surface area contributed by atoms with E-state index in [1.54, 1.807) is 0 Å². The van der Waals surface area contributed by atoms with Crippen LogP contribution in [0.4, 0.5) is 0 Å². The van der Waals surface area contributed by atoms with Gasteiger partial charge in [0, 0.05) is 11.6 Å². The van der Waals surface area contributed by atoms with Crippen molar-refractivity contribution in [1.29, 1.82) is 0 Å². The highest BCUT2D eigenvalue weighted by atomic mass is 15.0. The molecule has 0 radical (unpaired) electrons. The maximum Gasteiger partial charge on any atom is 0.0551 e. The van der Waals surface area contributed by atoms with Gasteiger partial charge in [0.1, 0.15) is 0 Å². The molecule has 84 valence electrons. The monoisotopic (exact) mass is 213 g/mol. The van der Waals surface area contributed by atoms with E-state index in [4.69, 9.17) is 0 Å². The molecular formula is C15H19N. The van der Waals surface area contributed by atoms with Crippen molar-refractivity contribution in [2.45, 2.75) is 26.8 Å². The SMILES string of the molecule is C/C=C\C1=C(/C=C/C)C2C=C(C)C=CC2N1. The fourth-order valence-corrected chi connectivity index (χ4v) is 2.37. The Morgan fingerprint density at radius 3 is 2.62 bits per heavy atom. The number of rotatable bonds is 2. The highest BCUT2D eigenvalue weighted by Gasteiger charge is 2.30. The van der Waals surface area contributed by atoms with E-state index in [0.717, 1.165) is 0 Å². The van der Waals surface area contributed by atoms with Crippen molar-refractivity contribution in [3.8, 4) is 0 Å². The summed E-state index contributed by atoms with van der Waals surface area (Å²) in [4.78, 5) is 0. The lowest BCUT2D eigenvalue weighted by atomic mass is 9.88. The fraction of sp³-hybridized carbons (Fsp3) is 0.333. The van der Waals surface area contributed by atoms with E-state index in [1.165, 1.54) is 16.8 Å². The Morgan fingerprint density at radius 2 is 1.94 bits per heavy atom. The first-order valence-corrected chi connectivity index (χ1v) is 5.89. The molecular weight excluding hydrogens is 194 g/mol. The van der Waals surface area contributed by atoms with E-state index in [1.807, 2.05) is 0 Å². The Bertz CT molecular complexity index is 419. The van der Waals surface area contributed by atoms with Gasteiger partial charge in [-0.25, -0.2) is 0 Å². The summed E-state index contributed by atoms with van der Waals surface area (Å²) in [6.45, 7) is 6.29. The molecule has 0 aromatic carbocycles. The number of hydrogen-bond acceptors (Lipinski definition) is 1. The molecule has 0 amide bonds. The van der Waals surface area contributed by atoms with Crippen LogP contribution in [-0.2, 0) is 0 Å². The van der Waals surface area contributed by atoms with Gasteiger partial charge < -0.3 is 5.32 Å². The summed E-state index contributed by atoms with van der Waals surface area (Å²) in [5, 5.41) is 3.56. The third-order valence-corrected chi connectivity index (χ3v) is 3.07. The van der Waals surface area contributed by atoms with E-state index in [2.05, 4.69) is 68.6 Å². The van der Waals surface area contributed by atoms with Crippen molar-refractivity contribution in [2.75, 3.05) is 0 Å². The maximum absolute atomic E-state index is 3.56. The van der Waals surface area contributed by atoms with Crippen LogP contribution in [0.25, 0.3) is 0 Å². The Labute approximate surface area is 97.9 Å². The van der Waals surface area contributed by atoms with Crippen molar-refractivity contribution in [2.24, 2.45) is 5.92 Å². The van der Waals surface area contributed by atoms with Crippen LogP contribution < -0.4 is 5.32 Å². The zero-order chi connectivity index (χ0) is 11.5. The van der Waals surface area contributed by atoms with E-state index in [9.17, 15) is 0 Å². The van der Waals surface area contributed by atoms with Gasteiger partial charge in [0.15, 0.2) is 0 Å². The molecule has 1 aliphatic carbocycles. The summed E-state index contributed by atoms with van der Waals surface area (Å²) in [6, 6.07) is 0.432. The lowest BCUT2D eigenvalue weighted by molar-refractivity contribution is 0.629. The molecule has 16 heavy (non-hydrogen) atoms. The van der Waals surface area contributed by atoms with Crippen LogP contribution in [0.5, 0.6) is 0 Å². The minimum absolute atomic E-state index is 0.432. The van der Waals surface area contributed by atoms with E-state index in [0.29, 0.717) is 12.0 Å². The normalized spacial score (nSPS) is 28.8. The second-order valence-electron chi connectivity index (χ2n) is 4.33. The van der Waals surface area contributed by atoms with Crippen molar-refractivity contribution < 1.29 is 0 Å². The summed E-state index contributed by atoms with van der Waals surface area (Å²) in [6.07, 6.45) is 15.4. The zero-order valence-electron chi connectivity index (χ0n) is 10.2. The Morgan fingerprint density at radius 1 is 1.19 bits per heavy atom. The first-order chi connectivity index (χ1) is 7.76. The third-order valence-electron chi connectivity index (χ3n) is 3.07. The van der Waals surface area contributed by atoms with Crippen LogP contribution in [0.2, 0.25) is 0 Å². The van der Waals surface area contributed by atoms with Crippen molar-refractivity contribution in [3.63, 3.8) is 0 Å². The minimum atomic E-state index is 0.432. The zero-order valence-corrected chi connectivity index (χ0v) is 10.2. The molecule has 0 aromatic heterocycles. The average molecular weight is 213 g/mol. The fourth-order valence-electron chi connectivity index (χ4n) is 2.37. The Balaban J connectivity index is 2.38. The number of allylic oxidation sites excluding steroid dienone is 6. The van der Waals surface area contributed by atoms with Gasteiger partial charge in [0.2, 0.25) is 0 Å². The summed E-state index contributed by atoms with van der Waals surface area (Å²) in [7, 11) is 0. The summed E-state index contributed by atoms with van der Waals surface area (Å²) in [5.41, 5.74) is 4.01. The maximum atomic E-state index is 3.56. The van der Waals surface area contributed by atoms with Crippen molar-refractivity contribution in [3.05, 3.63) is 59.4 Å². The van der Waals surface area contributed by atoms with E-state index < -0.39 is 0 Å². The van der Waals surface area contributed by atoms with Gasteiger partial charge in [-0.1, -0.05) is 42.0 Å². The standard InChI is InChI=1S/C15H19N/c1-4-6-12-13-10-11(3)8-9-15(13)16-14(12)7-5-2/h4-10,13,15-16H,1-3H3/b6-4+,7-5-. The first kappa shape index (κ1) is 11.0. The molecule has 1 aliphatic heterocycles. The Kier molecular flexibility index (Phi) is 3.14. The lowest BCUT2D eigenvalue weighted by Gasteiger charge is -2.19. The number of hydrogen-bond donors (Lipinski definition) is 1. The van der Waals surface area contributed by atoms with Gasteiger partial charge in [0.05, 0.1) is 6.04 Å². The predicted octanol–water partition coefficient (Wildman–Crippen LogP) is 3.50. The average Bonchev–Trinajstić information content (AvgIpc) is 2.58. The molecule has 0 fully saturated rings. The molecule has 0 bridgehead atoms. The van der Waals surface area contributed by atoms with Gasteiger partial charge in [-0.3, -0.25) is 0 Å². The van der Waals surface area contributed by atoms with Gasteiger partial charge in [-0.15, -0.1) is 0 Å². The number of nitrogens with one attached hydrogen (secondary N) is 1. The molecule has 2 rings (SSSR count). The molecule has 1 heterocycles. The van der Waals surface area contributed by atoms with Gasteiger partial charge in [0.25, 0.3) is 0 Å². The molecule has 2 unspecified atom stereocenters. The van der Waals surface area contributed by atoms with Crippen LogP contribution in [0, 0.1) is 5.92 Å². The second kappa shape index (κ2) is 4.56. The molecule has 0 saturated carbocycles. The topological polar surface area (TPSA) is 12.0 Å². The van der Waals surface area contributed by atoms with Gasteiger partial charge in [-0.05, 0) is 32.4 Å². The second-order valence-corrected chi connectivity index (χ2v) is 4.33. The summed E-state index contributed by atoms with van der Waals surface area (Å²) in [5.74, 6) is 0.493. The van der Waals surface area contributed by atoms with Crippen LogP contribution >= 0.6 is 0 Å². The number of fused-ring (bicyclic) bond motifs is 1. The molecule has 0 spiro atoms. The van der Waals surface area contributed by atoms with E-state index in [-0.39, 0.29) is 0 Å². The molecule has 1 nitrogen and oxygen atoms in total. The molecule has 0 saturated heterocycles. The largest absolute Gasteiger partial charge is 0.378 e. The van der Waals surface area contributed by atoms with Gasteiger partial charge in [-0.2, -0.15) is 0 Å². The highest BCUT2D eigenvalue weighted by Crippen LogP contribution is 2.33. The molecule has 0 aromatic rings. The van der Waals surface area contributed by atoms with Crippen molar-refractivity contribution >= 4 is 0 Å². The van der Waals surface area contributed by atoms with Crippen LogP contribution in [0.15, 0.2) is 59.4 Å². The lowest BCUT2D eigenvalue weighted by Crippen LogP contribution is -2.27. The Hall–Kier alpha value is -1.50. The van der Waals surface area contributed by atoms with Crippen LogP contribution in [0.1, 0.15) is 20.8 Å². The highest BCUT2D eigenvalue weighted by molar-refractivity contribution is 5.46. The van der Waals surface area contributed by atoms with Crippen LogP contribution in [0.3, 0.4) is 0 Å². The predicted molar refractivity (Wildman–Crippen MR) is 70.0 cm³/mol. The quantitative estimate of drug-likeness (QED) is 0.740.